The van der Waals surface area contributed by atoms with Crippen molar-refractivity contribution in [3.63, 3.8) is 0 Å². The molecule has 2 rings (SSSR count). The molecule has 0 radical (unpaired) electrons. The Morgan fingerprint density at radius 2 is 2.21 bits per heavy atom. The fourth-order valence-corrected chi connectivity index (χ4v) is 3.32. The van der Waals surface area contributed by atoms with Gasteiger partial charge in [-0.05, 0) is 17.9 Å². The van der Waals surface area contributed by atoms with E-state index in [9.17, 15) is 0 Å². The zero-order valence-electron chi connectivity index (χ0n) is 11.3. The van der Waals surface area contributed by atoms with Gasteiger partial charge in [0.2, 0.25) is 0 Å². The summed E-state index contributed by atoms with van der Waals surface area (Å²) in [4.78, 5) is 6.18. The molecule has 1 aliphatic heterocycles. The fraction of sp³-hybridized carbons (Fsp3) is 0.615. The number of piperazine rings is 1. The Kier molecular flexibility index (Phi) is 5.18. The first-order chi connectivity index (χ1) is 9.24. The molecule has 0 saturated carbocycles. The van der Waals surface area contributed by atoms with Crippen LogP contribution in [0.4, 0.5) is 0 Å². The van der Waals surface area contributed by atoms with Gasteiger partial charge in [-0.25, -0.2) is 0 Å². The molecule has 0 aromatic carbocycles. The van der Waals surface area contributed by atoms with Gasteiger partial charge in [0.1, 0.15) is 0 Å². The van der Waals surface area contributed by atoms with E-state index in [-0.39, 0.29) is 6.04 Å². The van der Waals surface area contributed by atoms with Crippen LogP contribution < -0.4 is 5.73 Å². The van der Waals surface area contributed by atoms with E-state index >= 15 is 0 Å². The maximum Gasteiger partial charge on any atom is 0.156 e. The Bertz CT molecular complexity index is 399. The molecule has 1 aromatic heterocycles. The molecule has 19 heavy (non-hydrogen) atoms. The standard InChI is InChI=1S/C13H22N4OS/c1-2-12(13(14)15-18)17-7-5-16(6-8-17)10-11-4-3-9-19-11/h3-4,9,12,18H,2,5-8,10H2,1H3,(H2,14,15). The van der Waals surface area contributed by atoms with Crippen LogP contribution in [0.25, 0.3) is 0 Å². The minimum absolute atomic E-state index is 0.0638. The molecule has 2 heterocycles. The van der Waals surface area contributed by atoms with Gasteiger partial charge in [-0.1, -0.05) is 18.1 Å². The van der Waals surface area contributed by atoms with Gasteiger partial charge in [0.05, 0.1) is 6.04 Å². The van der Waals surface area contributed by atoms with Gasteiger partial charge in [0.25, 0.3) is 0 Å². The van der Waals surface area contributed by atoms with Crippen molar-refractivity contribution >= 4 is 17.2 Å². The number of amidine groups is 1. The number of hydrogen-bond acceptors (Lipinski definition) is 5. The summed E-state index contributed by atoms with van der Waals surface area (Å²) < 4.78 is 0. The maximum absolute atomic E-state index is 8.82. The molecule has 1 saturated heterocycles. The highest BCUT2D eigenvalue weighted by Crippen LogP contribution is 2.15. The van der Waals surface area contributed by atoms with Gasteiger partial charge in [0.15, 0.2) is 5.84 Å². The summed E-state index contributed by atoms with van der Waals surface area (Å²) in [5, 5.41) is 14.1. The van der Waals surface area contributed by atoms with Crippen LogP contribution in [-0.2, 0) is 6.54 Å². The van der Waals surface area contributed by atoms with Gasteiger partial charge in [-0.3, -0.25) is 9.80 Å². The molecule has 1 fully saturated rings. The summed E-state index contributed by atoms with van der Waals surface area (Å²) in [7, 11) is 0. The van der Waals surface area contributed by atoms with E-state index in [1.807, 2.05) is 11.3 Å². The average molecular weight is 282 g/mol. The highest BCUT2D eigenvalue weighted by atomic mass is 32.1. The van der Waals surface area contributed by atoms with Gasteiger partial charge < -0.3 is 10.9 Å². The van der Waals surface area contributed by atoms with Crippen LogP contribution in [0.5, 0.6) is 0 Å². The molecular weight excluding hydrogens is 260 g/mol. The Morgan fingerprint density at radius 1 is 1.47 bits per heavy atom. The highest BCUT2D eigenvalue weighted by molar-refractivity contribution is 7.09. The molecule has 5 nitrogen and oxygen atoms in total. The molecule has 1 aliphatic rings. The Balaban J connectivity index is 1.84. The Labute approximate surface area is 118 Å². The molecule has 1 aromatic rings. The van der Waals surface area contributed by atoms with Crippen molar-refractivity contribution in [2.24, 2.45) is 10.9 Å². The molecule has 0 aliphatic carbocycles. The van der Waals surface area contributed by atoms with Crippen LogP contribution in [0.3, 0.4) is 0 Å². The molecule has 3 N–H and O–H groups in total. The SMILES string of the molecule is CCC(C(N)=NO)N1CCN(Cc2cccs2)CC1. The van der Waals surface area contributed by atoms with Gasteiger partial charge in [0, 0.05) is 37.6 Å². The molecular formula is C13H22N4OS. The minimum Gasteiger partial charge on any atom is -0.409 e. The third-order valence-corrected chi connectivity index (χ3v) is 4.51. The topological polar surface area (TPSA) is 65.1 Å². The van der Waals surface area contributed by atoms with E-state index in [0.29, 0.717) is 5.84 Å². The lowest BCUT2D eigenvalue weighted by molar-refractivity contribution is 0.110. The van der Waals surface area contributed by atoms with E-state index in [0.717, 1.165) is 39.1 Å². The number of hydrogen-bond donors (Lipinski definition) is 2. The summed E-state index contributed by atoms with van der Waals surface area (Å²) in [6.45, 7) is 7.12. The van der Waals surface area contributed by atoms with Crippen molar-refractivity contribution < 1.29 is 5.21 Å². The summed E-state index contributed by atoms with van der Waals surface area (Å²) in [6.07, 6.45) is 0.876. The third-order valence-electron chi connectivity index (χ3n) is 3.65. The lowest BCUT2D eigenvalue weighted by atomic mass is 10.1. The van der Waals surface area contributed by atoms with Crippen LogP contribution in [0, 0.1) is 0 Å². The zero-order chi connectivity index (χ0) is 13.7. The van der Waals surface area contributed by atoms with Gasteiger partial charge >= 0.3 is 0 Å². The van der Waals surface area contributed by atoms with Crippen molar-refractivity contribution in [2.45, 2.75) is 25.9 Å². The predicted octanol–water partition coefficient (Wildman–Crippen LogP) is 1.39. The molecule has 6 heteroatoms. The van der Waals surface area contributed by atoms with Crippen LogP contribution in [0.2, 0.25) is 0 Å². The van der Waals surface area contributed by atoms with Gasteiger partial charge in [-0.2, -0.15) is 0 Å². The van der Waals surface area contributed by atoms with E-state index in [1.165, 1.54) is 4.88 Å². The summed E-state index contributed by atoms with van der Waals surface area (Å²) in [5.74, 6) is 0.328. The van der Waals surface area contributed by atoms with Crippen molar-refractivity contribution in [1.82, 2.24) is 9.80 Å². The normalized spacial score (nSPS) is 20.6. The lowest BCUT2D eigenvalue weighted by Gasteiger charge is -2.38. The van der Waals surface area contributed by atoms with E-state index in [2.05, 4.69) is 39.4 Å². The molecule has 106 valence electrons. The second-order valence-electron chi connectivity index (χ2n) is 4.84. The predicted molar refractivity (Wildman–Crippen MR) is 78.7 cm³/mol. The fourth-order valence-electron chi connectivity index (χ4n) is 2.58. The van der Waals surface area contributed by atoms with Crippen LogP contribution in [-0.4, -0.2) is 53.1 Å². The number of oxime groups is 1. The first kappa shape index (κ1) is 14.3. The van der Waals surface area contributed by atoms with Gasteiger partial charge in [-0.15, -0.1) is 11.3 Å². The number of nitrogens with zero attached hydrogens (tertiary/aromatic N) is 3. The number of thiophene rings is 1. The van der Waals surface area contributed by atoms with Crippen molar-refractivity contribution in [2.75, 3.05) is 26.2 Å². The molecule has 0 amide bonds. The molecule has 1 atom stereocenters. The molecule has 1 unspecified atom stereocenters. The van der Waals surface area contributed by atoms with E-state index in [1.54, 1.807) is 0 Å². The van der Waals surface area contributed by atoms with E-state index < -0.39 is 0 Å². The van der Waals surface area contributed by atoms with Crippen LogP contribution in [0.15, 0.2) is 22.7 Å². The number of rotatable bonds is 5. The molecule has 0 spiro atoms. The summed E-state index contributed by atoms with van der Waals surface area (Å²) >= 11 is 1.81. The summed E-state index contributed by atoms with van der Waals surface area (Å²) in [5.41, 5.74) is 5.75. The smallest absolute Gasteiger partial charge is 0.156 e. The Morgan fingerprint density at radius 3 is 2.74 bits per heavy atom. The Hall–Kier alpha value is -1.11. The molecule has 0 bridgehead atoms. The third kappa shape index (κ3) is 3.68. The quantitative estimate of drug-likeness (QED) is 0.371. The van der Waals surface area contributed by atoms with Crippen LogP contribution in [0.1, 0.15) is 18.2 Å². The zero-order valence-corrected chi connectivity index (χ0v) is 12.1. The van der Waals surface area contributed by atoms with Crippen molar-refractivity contribution in [3.8, 4) is 0 Å². The maximum atomic E-state index is 8.82. The number of nitrogens with two attached hydrogens (primary N) is 1. The van der Waals surface area contributed by atoms with Crippen molar-refractivity contribution in [3.05, 3.63) is 22.4 Å². The van der Waals surface area contributed by atoms with Crippen LogP contribution >= 0.6 is 11.3 Å². The first-order valence-electron chi connectivity index (χ1n) is 6.70. The second-order valence-corrected chi connectivity index (χ2v) is 5.87. The second kappa shape index (κ2) is 6.88. The van der Waals surface area contributed by atoms with Crippen molar-refractivity contribution in [1.29, 1.82) is 0 Å². The highest BCUT2D eigenvalue weighted by Gasteiger charge is 2.25. The lowest BCUT2D eigenvalue weighted by Crippen LogP contribution is -2.53. The largest absolute Gasteiger partial charge is 0.409 e. The average Bonchev–Trinajstić information content (AvgIpc) is 2.94. The minimum atomic E-state index is 0.0638. The first-order valence-corrected chi connectivity index (χ1v) is 7.58. The van der Waals surface area contributed by atoms with E-state index in [4.69, 9.17) is 10.9 Å². The summed E-state index contributed by atoms with van der Waals surface area (Å²) in [6, 6.07) is 4.35. The monoisotopic (exact) mass is 282 g/mol.